The molecule has 0 N–H and O–H groups in total. The highest BCUT2D eigenvalue weighted by Crippen LogP contribution is 2.15. The van der Waals surface area contributed by atoms with Gasteiger partial charge in [0.05, 0.1) is 12.1 Å². The second kappa shape index (κ2) is 8.75. The van der Waals surface area contributed by atoms with Crippen LogP contribution in [0.2, 0.25) is 6.04 Å². The number of hydrogen-bond donors (Lipinski definition) is 0. The van der Waals surface area contributed by atoms with Crippen molar-refractivity contribution in [1.29, 1.82) is 0 Å². The lowest BCUT2D eigenvalue weighted by molar-refractivity contribution is -0.137. The summed E-state index contributed by atoms with van der Waals surface area (Å²) in [6, 6.07) is 0.715. The second-order valence-electron chi connectivity index (χ2n) is 3.22. The van der Waals surface area contributed by atoms with Crippen molar-refractivity contribution in [1.82, 2.24) is 0 Å². The Kier molecular flexibility index (Phi) is 8.55. The van der Waals surface area contributed by atoms with E-state index in [0.717, 1.165) is 0 Å². The molecule has 0 aliphatic heterocycles. The monoisotopic (exact) mass is 266 g/mol. The van der Waals surface area contributed by atoms with Crippen LogP contribution in [-0.4, -0.2) is 40.9 Å². The van der Waals surface area contributed by atoms with Gasteiger partial charge in [-0.05, 0) is 19.4 Å². The lowest BCUT2D eigenvalue weighted by Crippen LogP contribution is -2.42. The summed E-state index contributed by atoms with van der Waals surface area (Å²) in [5.74, 6) is -0.324. The number of carbonyl (C=O) groups excluding carboxylic acids is 1. The number of rotatable bonds is 8. The highest BCUT2D eigenvalue weighted by molar-refractivity contribution is 6.74. The number of ether oxygens (including phenoxy) is 1. The maximum absolute atomic E-state index is 11.0. The quantitative estimate of drug-likeness (QED) is 0.222. The van der Waals surface area contributed by atoms with E-state index in [1.165, 1.54) is 6.08 Å². The van der Waals surface area contributed by atoms with E-state index in [1.807, 2.05) is 0 Å². The Balaban J connectivity index is 3.83. The number of allylic oxidation sites excluding steroid dienone is 1. The third kappa shape index (κ3) is 5.65. The van der Waals surface area contributed by atoms with Crippen LogP contribution in [0.4, 0.5) is 0 Å². The van der Waals surface area contributed by atoms with Gasteiger partial charge in [-0.25, -0.2) is 4.79 Å². The van der Waals surface area contributed by atoms with E-state index in [1.54, 1.807) is 27.2 Å². The summed E-state index contributed by atoms with van der Waals surface area (Å²) in [6.07, 6.45) is 3.73. The molecule has 0 radical (unpaired) electrons. The summed E-state index contributed by atoms with van der Waals surface area (Å²) in [5.41, 5.74) is 0.378. The van der Waals surface area contributed by atoms with Crippen molar-refractivity contribution >= 4 is 26.1 Å². The summed E-state index contributed by atoms with van der Waals surface area (Å²) in [7, 11) is 0.950. The highest BCUT2D eigenvalue weighted by Gasteiger charge is 2.33. The summed E-state index contributed by atoms with van der Waals surface area (Å²) in [5, 5.41) is 0. The van der Waals surface area contributed by atoms with Crippen molar-refractivity contribution in [3.05, 3.63) is 12.2 Å². The molecule has 0 rings (SSSR count). The van der Waals surface area contributed by atoms with Gasteiger partial charge >= 0.3 is 14.5 Å². The van der Waals surface area contributed by atoms with Crippen LogP contribution >= 0.6 is 11.6 Å². The number of alkyl halides is 1. The summed E-state index contributed by atoms with van der Waals surface area (Å²) in [6.45, 7) is 2.13. The van der Waals surface area contributed by atoms with Gasteiger partial charge in [0.1, 0.15) is 0 Å². The van der Waals surface area contributed by atoms with Crippen LogP contribution in [0.5, 0.6) is 0 Å². The molecule has 0 unspecified atom stereocenters. The number of carbonyl (C=O) groups is 1. The summed E-state index contributed by atoms with van der Waals surface area (Å²) < 4.78 is 15.6. The Morgan fingerprint density at radius 3 is 2.44 bits per heavy atom. The van der Waals surface area contributed by atoms with E-state index in [9.17, 15) is 4.79 Å². The highest BCUT2D eigenvalue weighted by atomic mass is 35.5. The minimum Gasteiger partial charge on any atom is -0.463 e. The molecule has 0 aliphatic rings. The van der Waals surface area contributed by atoms with E-state index in [-0.39, 0.29) is 5.97 Å². The molecular weight excluding hydrogens is 248 g/mol. The first-order chi connectivity index (χ1) is 7.64. The predicted molar refractivity (Wildman–Crippen MR) is 65.7 cm³/mol. The molecule has 16 heavy (non-hydrogen) atoms. The Morgan fingerprint density at radius 1 is 1.38 bits per heavy atom. The molecule has 0 saturated carbocycles. The SMILES string of the molecule is CC=CC(=O)OCCC[Si](CCl)(OC)OC. The third-order valence-corrected chi connectivity index (χ3v) is 6.43. The first kappa shape index (κ1) is 15.6. The van der Waals surface area contributed by atoms with Gasteiger partial charge < -0.3 is 13.6 Å². The van der Waals surface area contributed by atoms with Crippen molar-refractivity contribution in [2.45, 2.75) is 19.4 Å². The summed E-state index contributed by atoms with van der Waals surface area (Å²) in [4.78, 5) is 11.0. The second-order valence-corrected chi connectivity index (χ2v) is 7.43. The maximum Gasteiger partial charge on any atom is 0.352 e. The molecular formula is C10H19ClO4Si. The van der Waals surface area contributed by atoms with Gasteiger partial charge in [0, 0.05) is 20.3 Å². The van der Waals surface area contributed by atoms with Crippen LogP contribution < -0.4 is 0 Å². The molecule has 94 valence electrons. The van der Waals surface area contributed by atoms with Crippen LogP contribution in [-0.2, 0) is 18.4 Å². The molecule has 0 spiro atoms. The normalized spacial score (nSPS) is 12.0. The fourth-order valence-corrected chi connectivity index (χ4v) is 3.83. The Morgan fingerprint density at radius 2 is 2.00 bits per heavy atom. The van der Waals surface area contributed by atoms with Crippen LogP contribution in [0.15, 0.2) is 12.2 Å². The van der Waals surface area contributed by atoms with Gasteiger partial charge in [-0.2, -0.15) is 0 Å². The predicted octanol–water partition coefficient (Wildman–Crippen LogP) is 2.01. The van der Waals surface area contributed by atoms with Crippen molar-refractivity contribution in [2.75, 3.05) is 26.3 Å². The Bertz CT molecular complexity index is 221. The summed E-state index contributed by atoms with van der Waals surface area (Å²) >= 11 is 5.81. The molecule has 0 bridgehead atoms. The topological polar surface area (TPSA) is 44.8 Å². The van der Waals surface area contributed by atoms with Crippen LogP contribution in [0.1, 0.15) is 13.3 Å². The molecule has 0 atom stereocenters. The number of esters is 1. The van der Waals surface area contributed by atoms with Gasteiger partial charge in [0.15, 0.2) is 0 Å². The van der Waals surface area contributed by atoms with E-state index >= 15 is 0 Å². The standard InChI is InChI=1S/C10H19ClO4Si/c1-4-6-10(12)15-7-5-8-16(9-11,13-2)14-3/h4,6H,5,7-9H2,1-3H3. The smallest absolute Gasteiger partial charge is 0.352 e. The minimum atomic E-state index is -2.25. The molecule has 0 fully saturated rings. The van der Waals surface area contributed by atoms with E-state index in [2.05, 4.69) is 0 Å². The van der Waals surface area contributed by atoms with Crippen LogP contribution in [0, 0.1) is 0 Å². The molecule has 0 aromatic heterocycles. The van der Waals surface area contributed by atoms with Gasteiger partial charge in [-0.3, -0.25) is 0 Å². The molecule has 0 aromatic rings. The average Bonchev–Trinajstić information content (AvgIpc) is 2.31. The fraction of sp³-hybridized carbons (Fsp3) is 0.700. The van der Waals surface area contributed by atoms with Crippen LogP contribution in [0.3, 0.4) is 0 Å². The number of hydrogen-bond acceptors (Lipinski definition) is 4. The zero-order valence-corrected chi connectivity index (χ0v) is 11.8. The molecule has 4 nitrogen and oxygen atoms in total. The minimum absolute atomic E-state index is 0.324. The lowest BCUT2D eigenvalue weighted by atomic mass is 10.5. The molecule has 0 saturated heterocycles. The molecule has 6 heteroatoms. The largest absolute Gasteiger partial charge is 0.463 e. The van der Waals surface area contributed by atoms with E-state index < -0.39 is 8.56 Å². The average molecular weight is 267 g/mol. The molecule has 0 aliphatic carbocycles. The van der Waals surface area contributed by atoms with E-state index in [0.29, 0.717) is 24.6 Å². The fourth-order valence-electron chi connectivity index (χ4n) is 1.16. The first-order valence-electron chi connectivity index (χ1n) is 5.10. The first-order valence-corrected chi connectivity index (χ1v) is 7.86. The molecule has 0 heterocycles. The third-order valence-electron chi connectivity index (χ3n) is 2.20. The van der Waals surface area contributed by atoms with Crippen molar-refractivity contribution in [3.8, 4) is 0 Å². The van der Waals surface area contributed by atoms with Crippen molar-refractivity contribution in [3.63, 3.8) is 0 Å². The van der Waals surface area contributed by atoms with Gasteiger partial charge in [-0.1, -0.05) is 6.08 Å². The van der Waals surface area contributed by atoms with Gasteiger partial charge in [0.25, 0.3) is 0 Å². The zero-order valence-electron chi connectivity index (χ0n) is 9.99. The zero-order chi connectivity index (χ0) is 12.4. The number of halogens is 1. The van der Waals surface area contributed by atoms with Crippen molar-refractivity contribution in [2.24, 2.45) is 0 Å². The van der Waals surface area contributed by atoms with Gasteiger partial charge in [0.2, 0.25) is 0 Å². The lowest BCUT2D eigenvalue weighted by Gasteiger charge is -2.24. The van der Waals surface area contributed by atoms with E-state index in [4.69, 9.17) is 25.2 Å². The van der Waals surface area contributed by atoms with Crippen molar-refractivity contribution < 1.29 is 18.4 Å². The Labute approximate surface area is 103 Å². The Hall–Kier alpha value is -0.363. The van der Waals surface area contributed by atoms with Gasteiger partial charge in [-0.15, -0.1) is 11.6 Å². The maximum atomic E-state index is 11.0. The van der Waals surface area contributed by atoms with Crippen LogP contribution in [0.25, 0.3) is 0 Å². The molecule has 0 amide bonds. The molecule has 0 aromatic carbocycles.